The Morgan fingerprint density at radius 3 is 2.68 bits per heavy atom. The summed E-state index contributed by atoms with van der Waals surface area (Å²) in [5.74, 6) is 2.42. The molecular formula is C21H32O. The summed E-state index contributed by atoms with van der Waals surface area (Å²) in [6, 6.07) is 0. The molecule has 4 aliphatic rings. The van der Waals surface area contributed by atoms with Gasteiger partial charge in [0.1, 0.15) is 5.78 Å². The Bertz CT molecular complexity index is 530. The molecule has 5 atom stereocenters. The zero-order chi connectivity index (χ0) is 15.5. The number of fused-ring (bicyclic) bond motifs is 4. The molecule has 1 nitrogen and oxygen atoms in total. The van der Waals surface area contributed by atoms with Gasteiger partial charge < -0.3 is 0 Å². The van der Waals surface area contributed by atoms with E-state index < -0.39 is 0 Å². The highest BCUT2D eigenvalue weighted by molar-refractivity contribution is 5.88. The first-order valence-electron chi connectivity index (χ1n) is 9.76. The zero-order valence-corrected chi connectivity index (χ0v) is 14.7. The molecule has 0 radical (unpaired) electrons. The van der Waals surface area contributed by atoms with E-state index in [0.29, 0.717) is 23.0 Å². The summed E-state index contributed by atoms with van der Waals surface area (Å²) in [7, 11) is 0. The van der Waals surface area contributed by atoms with Gasteiger partial charge in [-0.3, -0.25) is 4.79 Å². The molecule has 0 spiro atoms. The number of hydrogen-bond acceptors (Lipinski definition) is 1. The Morgan fingerprint density at radius 1 is 1.09 bits per heavy atom. The molecule has 0 aromatic heterocycles. The third kappa shape index (κ3) is 1.80. The number of hydrogen-bond donors (Lipinski definition) is 0. The number of ketones is 1. The van der Waals surface area contributed by atoms with Crippen LogP contribution in [0.2, 0.25) is 0 Å². The van der Waals surface area contributed by atoms with Crippen LogP contribution in [-0.4, -0.2) is 5.78 Å². The summed E-state index contributed by atoms with van der Waals surface area (Å²) in [5, 5.41) is 0. The topological polar surface area (TPSA) is 17.1 Å². The van der Waals surface area contributed by atoms with Crippen LogP contribution in [0.15, 0.2) is 11.1 Å². The largest absolute Gasteiger partial charge is 0.299 e. The first-order chi connectivity index (χ1) is 10.5. The van der Waals surface area contributed by atoms with Gasteiger partial charge in [-0.25, -0.2) is 0 Å². The van der Waals surface area contributed by atoms with Crippen LogP contribution in [0.4, 0.5) is 0 Å². The SMILES string of the molecule is CC[C@H]1CC(=O)[C@@H]2C3=C(CC[C@]12C)[C@@]1(C)CCCCC1CC3. The smallest absolute Gasteiger partial charge is 0.140 e. The van der Waals surface area contributed by atoms with E-state index in [4.69, 9.17) is 0 Å². The van der Waals surface area contributed by atoms with E-state index >= 15 is 0 Å². The van der Waals surface area contributed by atoms with Crippen LogP contribution in [-0.2, 0) is 4.79 Å². The van der Waals surface area contributed by atoms with Crippen LogP contribution in [0.1, 0.15) is 85.0 Å². The fourth-order valence-electron chi connectivity index (χ4n) is 7.02. The normalized spacial score (nSPS) is 48.0. The third-order valence-electron chi connectivity index (χ3n) is 8.36. The Balaban J connectivity index is 1.78. The van der Waals surface area contributed by atoms with Crippen molar-refractivity contribution in [2.24, 2.45) is 28.6 Å². The summed E-state index contributed by atoms with van der Waals surface area (Å²) >= 11 is 0. The standard InChI is InChI=1S/C21H32O/c1-4-14-13-18(22)19-16-9-8-15-7-5-6-11-20(15,2)17(16)10-12-21(14,19)3/h14-15,19H,4-13H2,1-3H3/t14-,15?,19-,20-,21+/m0/s1. The quantitative estimate of drug-likeness (QED) is 0.569. The summed E-state index contributed by atoms with van der Waals surface area (Å²) in [5.41, 5.74) is 4.12. The number of carbonyl (C=O) groups excluding carboxylic acids is 1. The molecule has 0 aromatic rings. The molecule has 4 aliphatic carbocycles. The van der Waals surface area contributed by atoms with Crippen LogP contribution in [0.3, 0.4) is 0 Å². The van der Waals surface area contributed by atoms with Crippen molar-refractivity contribution in [3.63, 3.8) is 0 Å². The van der Waals surface area contributed by atoms with Crippen LogP contribution < -0.4 is 0 Å². The molecule has 0 heterocycles. The van der Waals surface area contributed by atoms with Gasteiger partial charge in [-0.05, 0) is 61.2 Å². The maximum absolute atomic E-state index is 12.9. The molecule has 1 heteroatoms. The van der Waals surface area contributed by atoms with E-state index in [1.807, 2.05) is 0 Å². The van der Waals surface area contributed by atoms with Gasteiger partial charge in [-0.15, -0.1) is 0 Å². The summed E-state index contributed by atoms with van der Waals surface area (Å²) in [6.45, 7) is 7.27. The molecule has 0 bridgehead atoms. The second-order valence-electron chi connectivity index (χ2n) is 9.12. The Labute approximate surface area is 135 Å². The third-order valence-corrected chi connectivity index (χ3v) is 8.36. The fraction of sp³-hybridized carbons (Fsp3) is 0.857. The molecule has 0 saturated heterocycles. The highest BCUT2D eigenvalue weighted by Gasteiger charge is 2.57. The van der Waals surface area contributed by atoms with E-state index in [1.54, 1.807) is 11.1 Å². The second kappa shape index (κ2) is 4.95. The Kier molecular flexibility index (Phi) is 3.37. The Hall–Kier alpha value is -0.590. The number of carbonyl (C=O) groups is 1. The molecule has 0 amide bonds. The van der Waals surface area contributed by atoms with Gasteiger partial charge >= 0.3 is 0 Å². The predicted octanol–water partition coefficient (Wildman–Crippen LogP) is 5.69. The zero-order valence-electron chi connectivity index (χ0n) is 14.7. The fourth-order valence-corrected chi connectivity index (χ4v) is 7.02. The minimum Gasteiger partial charge on any atom is -0.299 e. The molecule has 122 valence electrons. The monoisotopic (exact) mass is 300 g/mol. The number of allylic oxidation sites excluding steroid dienone is 2. The molecule has 0 N–H and O–H groups in total. The lowest BCUT2D eigenvalue weighted by molar-refractivity contribution is -0.121. The minimum absolute atomic E-state index is 0.280. The van der Waals surface area contributed by atoms with Crippen molar-refractivity contribution in [1.29, 1.82) is 0 Å². The second-order valence-corrected chi connectivity index (χ2v) is 9.12. The van der Waals surface area contributed by atoms with Gasteiger partial charge in [0.05, 0.1) is 0 Å². The van der Waals surface area contributed by atoms with Crippen molar-refractivity contribution in [3.8, 4) is 0 Å². The average molecular weight is 300 g/mol. The van der Waals surface area contributed by atoms with Crippen molar-refractivity contribution in [2.45, 2.75) is 85.0 Å². The summed E-state index contributed by atoms with van der Waals surface area (Å²) in [6.07, 6.45) is 12.8. The highest BCUT2D eigenvalue weighted by Crippen LogP contribution is 2.64. The van der Waals surface area contributed by atoms with E-state index in [9.17, 15) is 4.79 Å². The van der Waals surface area contributed by atoms with Crippen LogP contribution in [0.5, 0.6) is 0 Å². The van der Waals surface area contributed by atoms with E-state index in [0.717, 1.165) is 12.3 Å². The predicted molar refractivity (Wildman–Crippen MR) is 90.6 cm³/mol. The van der Waals surface area contributed by atoms with Gasteiger partial charge in [0.2, 0.25) is 0 Å². The lowest BCUT2D eigenvalue weighted by atomic mass is 9.51. The maximum Gasteiger partial charge on any atom is 0.140 e. The summed E-state index contributed by atoms with van der Waals surface area (Å²) in [4.78, 5) is 12.9. The van der Waals surface area contributed by atoms with E-state index in [2.05, 4.69) is 20.8 Å². The summed E-state index contributed by atoms with van der Waals surface area (Å²) < 4.78 is 0. The Morgan fingerprint density at radius 2 is 1.91 bits per heavy atom. The molecule has 22 heavy (non-hydrogen) atoms. The number of rotatable bonds is 1. The van der Waals surface area contributed by atoms with Gasteiger partial charge in [0, 0.05) is 12.3 Å². The first kappa shape index (κ1) is 15.0. The molecule has 2 saturated carbocycles. The maximum atomic E-state index is 12.9. The lowest BCUT2D eigenvalue weighted by Gasteiger charge is -2.53. The minimum atomic E-state index is 0.280. The average Bonchev–Trinajstić information content (AvgIpc) is 2.77. The van der Waals surface area contributed by atoms with Crippen molar-refractivity contribution >= 4 is 5.78 Å². The van der Waals surface area contributed by atoms with E-state index in [-0.39, 0.29) is 5.41 Å². The lowest BCUT2D eigenvalue weighted by Crippen LogP contribution is -2.44. The van der Waals surface area contributed by atoms with Gasteiger partial charge in [0.25, 0.3) is 0 Å². The van der Waals surface area contributed by atoms with Gasteiger partial charge in [-0.2, -0.15) is 0 Å². The molecule has 0 aliphatic heterocycles. The van der Waals surface area contributed by atoms with Crippen molar-refractivity contribution in [1.82, 2.24) is 0 Å². The first-order valence-corrected chi connectivity index (χ1v) is 9.76. The molecule has 0 aromatic carbocycles. The number of Topliss-reactive ketones (excluding diaryl/α,β-unsaturated/α-hetero) is 1. The van der Waals surface area contributed by atoms with E-state index in [1.165, 1.54) is 57.8 Å². The highest BCUT2D eigenvalue weighted by atomic mass is 16.1. The van der Waals surface area contributed by atoms with Gasteiger partial charge in [-0.1, -0.05) is 51.2 Å². The molecule has 1 unspecified atom stereocenters. The van der Waals surface area contributed by atoms with Crippen molar-refractivity contribution in [2.75, 3.05) is 0 Å². The van der Waals surface area contributed by atoms with Crippen LogP contribution in [0.25, 0.3) is 0 Å². The van der Waals surface area contributed by atoms with Crippen LogP contribution in [0, 0.1) is 28.6 Å². The van der Waals surface area contributed by atoms with Gasteiger partial charge in [0.15, 0.2) is 0 Å². The molecule has 4 rings (SSSR count). The van der Waals surface area contributed by atoms with Crippen molar-refractivity contribution in [3.05, 3.63) is 11.1 Å². The molecule has 2 fully saturated rings. The van der Waals surface area contributed by atoms with Crippen LogP contribution >= 0.6 is 0 Å². The molecular weight excluding hydrogens is 268 g/mol. The van der Waals surface area contributed by atoms with Crippen molar-refractivity contribution < 1.29 is 4.79 Å².